The van der Waals surface area contributed by atoms with Crippen LogP contribution in [-0.2, 0) is 14.3 Å². The van der Waals surface area contributed by atoms with Crippen LogP contribution < -0.4 is 5.32 Å². The van der Waals surface area contributed by atoms with Gasteiger partial charge in [-0.3, -0.25) is 9.59 Å². The van der Waals surface area contributed by atoms with Gasteiger partial charge in [0, 0.05) is 16.7 Å². The van der Waals surface area contributed by atoms with Gasteiger partial charge in [0.05, 0.1) is 6.42 Å². The average Bonchev–Trinajstić information content (AvgIpc) is 2.56. The zero-order valence-corrected chi connectivity index (χ0v) is 13.9. The first-order chi connectivity index (χ1) is 11.1. The number of benzene rings is 1. The lowest BCUT2D eigenvalue weighted by Gasteiger charge is -2.22. The van der Waals surface area contributed by atoms with Crippen molar-refractivity contribution in [2.24, 2.45) is 0 Å². The second kappa shape index (κ2) is 9.55. The smallest absolute Gasteiger partial charge is 0.307 e. The summed E-state index contributed by atoms with van der Waals surface area (Å²) in [5.41, 5.74) is 0. The Labute approximate surface area is 140 Å². The number of halogens is 1. The minimum atomic E-state index is -0.390. The molecule has 1 saturated carbocycles. The minimum absolute atomic E-state index is 0.212. The summed E-state index contributed by atoms with van der Waals surface area (Å²) in [5.74, 6) is -0.359. The zero-order chi connectivity index (χ0) is 16.5. The third kappa shape index (κ3) is 7.03. The van der Waals surface area contributed by atoms with Gasteiger partial charge in [0.2, 0.25) is 0 Å². The number of esters is 1. The molecule has 0 bridgehead atoms. The van der Waals surface area contributed by atoms with E-state index in [-0.39, 0.29) is 30.8 Å². The van der Waals surface area contributed by atoms with Gasteiger partial charge in [-0.2, -0.15) is 0 Å². The molecule has 4 nitrogen and oxygen atoms in total. The van der Waals surface area contributed by atoms with Gasteiger partial charge in [0.1, 0.15) is 5.82 Å². The van der Waals surface area contributed by atoms with E-state index < -0.39 is 5.97 Å². The molecule has 1 aliphatic rings. The monoisotopic (exact) mass is 339 g/mol. The van der Waals surface area contributed by atoms with Crippen molar-refractivity contribution in [2.45, 2.75) is 49.5 Å². The fourth-order valence-corrected chi connectivity index (χ4v) is 3.35. The molecule has 0 radical (unpaired) electrons. The molecule has 0 saturated heterocycles. The van der Waals surface area contributed by atoms with Crippen molar-refractivity contribution in [1.82, 2.24) is 5.32 Å². The standard InChI is InChI=1S/C17H22FNO3S/c18-13-6-8-15(9-7-13)23-11-10-17(21)22-12-16(20)19-14-4-2-1-3-5-14/h6-9,14H,1-5,10-12H2,(H,19,20). The van der Waals surface area contributed by atoms with E-state index in [0.717, 1.165) is 30.6 Å². The second-order valence-electron chi connectivity index (χ2n) is 5.62. The molecule has 2 rings (SSSR count). The first-order valence-electron chi connectivity index (χ1n) is 7.97. The average molecular weight is 339 g/mol. The lowest BCUT2D eigenvalue weighted by molar-refractivity contribution is -0.148. The van der Waals surface area contributed by atoms with Crippen molar-refractivity contribution >= 4 is 23.6 Å². The minimum Gasteiger partial charge on any atom is -0.456 e. The van der Waals surface area contributed by atoms with E-state index in [4.69, 9.17) is 4.74 Å². The predicted molar refractivity (Wildman–Crippen MR) is 87.7 cm³/mol. The summed E-state index contributed by atoms with van der Waals surface area (Å²) in [5, 5.41) is 2.90. The van der Waals surface area contributed by atoms with Crippen LogP contribution in [0.2, 0.25) is 0 Å². The number of ether oxygens (including phenoxy) is 1. The predicted octanol–water partition coefficient (Wildman–Crippen LogP) is 3.30. The van der Waals surface area contributed by atoms with E-state index in [1.165, 1.54) is 30.3 Å². The molecule has 6 heteroatoms. The van der Waals surface area contributed by atoms with Crippen LogP contribution in [0.3, 0.4) is 0 Å². The van der Waals surface area contributed by atoms with E-state index in [9.17, 15) is 14.0 Å². The summed E-state index contributed by atoms with van der Waals surface area (Å²) >= 11 is 1.45. The number of rotatable bonds is 7. The normalized spacial score (nSPS) is 15.2. The van der Waals surface area contributed by atoms with Crippen LogP contribution in [-0.4, -0.2) is 30.3 Å². The van der Waals surface area contributed by atoms with E-state index in [2.05, 4.69) is 5.32 Å². The Bertz CT molecular complexity index is 515. The summed E-state index contributed by atoms with van der Waals surface area (Å²) in [4.78, 5) is 24.2. The maximum absolute atomic E-state index is 12.8. The SMILES string of the molecule is O=C(COC(=O)CCSc1ccc(F)cc1)NC1CCCCC1. The number of nitrogens with one attached hydrogen (secondary N) is 1. The summed E-state index contributed by atoms with van der Waals surface area (Å²) in [6, 6.07) is 6.34. The van der Waals surface area contributed by atoms with Gasteiger partial charge in [-0.15, -0.1) is 11.8 Å². The highest BCUT2D eigenvalue weighted by Gasteiger charge is 2.16. The Balaban J connectivity index is 1.57. The first-order valence-corrected chi connectivity index (χ1v) is 8.95. The second-order valence-corrected chi connectivity index (χ2v) is 6.78. The van der Waals surface area contributed by atoms with Gasteiger partial charge in [-0.1, -0.05) is 19.3 Å². The van der Waals surface area contributed by atoms with Crippen molar-refractivity contribution in [2.75, 3.05) is 12.4 Å². The van der Waals surface area contributed by atoms with Gasteiger partial charge < -0.3 is 10.1 Å². The van der Waals surface area contributed by atoms with Crippen LogP contribution in [0.1, 0.15) is 38.5 Å². The highest BCUT2D eigenvalue weighted by molar-refractivity contribution is 7.99. The van der Waals surface area contributed by atoms with Gasteiger partial charge in [-0.25, -0.2) is 4.39 Å². The third-order valence-electron chi connectivity index (χ3n) is 3.72. The molecule has 1 amide bonds. The van der Waals surface area contributed by atoms with Crippen LogP contribution in [0.25, 0.3) is 0 Å². The maximum Gasteiger partial charge on any atom is 0.307 e. The molecule has 0 aromatic heterocycles. The van der Waals surface area contributed by atoms with Crippen molar-refractivity contribution < 1.29 is 18.7 Å². The Morgan fingerprint density at radius 2 is 1.87 bits per heavy atom. The van der Waals surface area contributed by atoms with E-state index in [0.29, 0.717) is 5.75 Å². The zero-order valence-electron chi connectivity index (χ0n) is 13.1. The Morgan fingerprint density at radius 3 is 2.57 bits per heavy atom. The quantitative estimate of drug-likeness (QED) is 0.612. The summed E-state index contributed by atoms with van der Waals surface area (Å²) < 4.78 is 17.7. The topological polar surface area (TPSA) is 55.4 Å². The van der Waals surface area contributed by atoms with E-state index >= 15 is 0 Å². The summed E-state index contributed by atoms with van der Waals surface area (Å²) in [6.45, 7) is -0.212. The van der Waals surface area contributed by atoms with Gasteiger partial charge >= 0.3 is 5.97 Å². The molecule has 0 aliphatic heterocycles. The van der Waals surface area contributed by atoms with Gasteiger partial charge in [0.15, 0.2) is 6.61 Å². The molecule has 0 unspecified atom stereocenters. The number of carbonyl (C=O) groups excluding carboxylic acids is 2. The van der Waals surface area contributed by atoms with Gasteiger partial charge in [-0.05, 0) is 37.1 Å². The number of thioether (sulfide) groups is 1. The third-order valence-corrected chi connectivity index (χ3v) is 4.74. The Hall–Kier alpha value is -1.56. The molecule has 1 aromatic carbocycles. The Morgan fingerprint density at radius 1 is 1.17 bits per heavy atom. The number of amides is 1. The molecule has 1 aromatic rings. The molecule has 0 spiro atoms. The van der Waals surface area contributed by atoms with E-state index in [1.807, 2.05) is 0 Å². The highest BCUT2D eigenvalue weighted by atomic mass is 32.2. The molecule has 0 atom stereocenters. The molecule has 1 N–H and O–H groups in total. The van der Waals surface area contributed by atoms with Crippen LogP contribution in [0, 0.1) is 5.82 Å². The number of hydrogen-bond donors (Lipinski definition) is 1. The fourth-order valence-electron chi connectivity index (χ4n) is 2.52. The number of carbonyl (C=O) groups is 2. The molecule has 0 heterocycles. The molecule has 126 valence electrons. The van der Waals surface area contributed by atoms with Crippen molar-refractivity contribution in [3.8, 4) is 0 Å². The molecule has 23 heavy (non-hydrogen) atoms. The van der Waals surface area contributed by atoms with Crippen LogP contribution >= 0.6 is 11.8 Å². The van der Waals surface area contributed by atoms with Crippen LogP contribution in [0.4, 0.5) is 4.39 Å². The maximum atomic E-state index is 12.8. The molecule has 1 fully saturated rings. The lowest BCUT2D eigenvalue weighted by Crippen LogP contribution is -2.38. The largest absolute Gasteiger partial charge is 0.456 e. The summed E-state index contributed by atoms with van der Waals surface area (Å²) in [6.07, 6.45) is 5.75. The Kier molecular flexibility index (Phi) is 7.39. The first kappa shape index (κ1) is 17.8. The lowest BCUT2D eigenvalue weighted by atomic mass is 9.95. The highest BCUT2D eigenvalue weighted by Crippen LogP contribution is 2.19. The fraction of sp³-hybridized carbons (Fsp3) is 0.529. The van der Waals surface area contributed by atoms with Crippen molar-refractivity contribution in [1.29, 1.82) is 0 Å². The molecule has 1 aliphatic carbocycles. The molecular formula is C17H22FNO3S. The van der Waals surface area contributed by atoms with Crippen molar-refractivity contribution in [3.05, 3.63) is 30.1 Å². The van der Waals surface area contributed by atoms with Gasteiger partial charge in [0.25, 0.3) is 5.91 Å². The van der Waals surface area contributed by atoms with Crippen molar-refractivity contribution in [3.63, 3.8) is 0 Å². The molecular weight excluding hydrogens is 317 g/mol. The summed E-state index contributed by atoms with van der Waals surface area (Å²) in [7, 11) is 0. The van der Waals surface area contributed by atoms with Crippen LogP contribution in [0.5, 0.6) is 0 Å². The van der Waals surface area contributed by atoms with Crippen LogP contribution in [0.15, 0.2) is 29.2 Å². The van der Waals surface area contributed by atoms with E-state index in [1.54, 1.807) is 12.1 Å². The number of hydrogen-bond acceptors (Lipinski definition) is 4.